The van der Waals surface area contributed by atoms with Gasteiger partial charge in [0.2, 0.25) is 0 Å². The van der Waals surface area contributed by atoms with Gasteiger partial charge in [0.05, 0.1) is 5.69 Å². The molecule has 0 aromatic carbocycles. The van der Waals surface area contributed by atoms with Gasteiger partial charge in [-0.25, -0.2) is 0 Å². The van der Waals surface area contributed by atoms with Crippen LogP contribution in [0.4, 0.5) is 0 Å². The third-order valence-electron chi connectivity index (χ3n) is 4.48. The van der Waals surface area contributed by atoms with Gasteiger partial charge in [-0.15, -0.1) is 0 Å². The molecule has 1 aromatic rings. The summed E-state index contributed by atoms with van der Waals surface area (Å²) < 4.78 is 2.05. The minimum Gasteiger partial charge on any atom is -0.481 e. The van der Waals surface area contributed by atoms with Crippen LogP contribution in [0.25, 0.3) is 0 Å². The normalized spacial score (nSPS) is 21.3. The largest absolute Gasteiger partial charge is 0.481 e. The van der Waals surface area contributed by atoms with Gasteiger partial charge in [-0.3, -0.25) is 14.4 Å². The average molecular weight is 279 g/mol. The van der Waals surface area contributed by atoms with Crippen LogP contribution in [0.2, 0.25) is 0 Å². The fourth-order valence-electron chi connectivity index (χ4n) is 3.43. The van der Waals surface area contributed by atoms with Gasteiger partial charge in [0.15, 0.2) is 0 Å². The molecule has 2 atom stereocenters. The Balaban J connectivity index is 2.11. The second-order valence-electron chi connectivity index (χ2n) is 5.82. The third-order valence-corrected chi connectivity index (χ3v) is 4.48. The molecule has 0 spiro atoms. The first-order chi connectivity index (χ1) is 9.43. The lowest BCUT2D eigenvalue weighted by atomic mass is 10.0. The topological polar surface area (TPSA) is 58.4 Å². The van der Waals surface area contributed by atoms with Crippen molar-refractivity contribution < 1.29 is 9.90 Å². The first-order valence-corrected chi connectivity index (χ1v) is 7.43. The molecule has 2 heterocycles. The zero-order valence-electron chi connectivity index (χ0n) is 12.9. The number of hydrogen-bond acceptors (Lipinski definition) is 3. The van der Waals surface area contributed by atoms with Gasteiger partial charge in [0, 0.05) is 36.8 Å². The highest BCUT2D eigenvalue weighted by atomic mass is 16.4. The van der Waals surface area contributed by atoms with E-state index in [2.05, 4.69) is 37.7 Å². The number of carbonyl (C=O) groups is 1. The molecule has 20 heavy (non-hydrogen) atoms. The fourth-order valence-corrected chi connectivity index (χ4v) is 3.43. The van der Waals surface area contributed by atoms with Gasteiger partial charge in [-0.1, -0.05) is 0 Å². The number of hydrogen-bond donors (Lipinski definition) is 1. The molecule has 1 fully saturated rings. The smallest absolute Gasteiger partial charge is 0.303 e. The van der Waals surface area contributed by atoms with Gasteiger partial charge in [0.1, 0.15) is 0 Å². The molecule has 1 aliphatic heterocycles. The number of carboxylic acids is 1. The molecule has 112 valence electrons. The third kappa shape index (κ3) is 2.87. The van der Waals surface area contributed by atoms with Gasteiger partial charge >= 0.3 is 5.97 Å². The molecule has 2 unspecified atom stereocenters. The minimum absolute atomic E-state index is 0.287. The molecular formula is C15H25N3O2. The Kier molecular flexibility index (Phi) is 4.48. The summed E-state index contributed by atoms with van der Waals surface area (Å²) in [4.78, 5) is 13.2. The summed E-state index contributed by atoms with van der Waals surface area (Å²) in [5.74, 6) is -0.396. The number of aryl methyl sites for hydroxylation is 2. The second kappa shape index (κ2) is 5.95. The summed E-state index contributed by atoms with van der Waals surface area (Å²) in [7, 11) is 0. The zero-order chi connectivity index (χ0) is 14.9. The van der Waals surface area contributed by atoms with E-state index < -0.39 is 5.97 Å². The van der Waals surface area contributed by atoms with E-state index in [0.29, 0.717) is 6.04 Å². The summed E-state index contributed by atoms with van der Waals surface area (Å²) in [5, 5.41) is 13.5. The van der Waals surface area contributed by atoms with Crippen LogP contribution in [-0.4, -0.2) is 38.8 Å². The van der Waals surface area contributed by atoms with Crippen molar-refractivity contribution in [2.45, 2.75) is 53.1 Å². The number of likely N-dealkylation sites (tertiary alicyclic amines) is 1. The summed E-state index contributed by atoms with van der Waals surface area (Å²) in [6.07, 6.45) is 1.27. The number of aromatic nitrogens is 2. The van der Waals surface area contributed by atoms with Crippen LogP contribution < -0.4 is 0 Å². The van der Waals surface area contributed by atoms with Crippen molar-refractivity contribution in [2.75, 3.05) is 13.1 Å². The van der Waals surface area contributed by atoms with Crippen LogP contribution in [0.15, 0.2) is 0 Å². The Hall–Kier alpha value is -1.36. The van der Waals surface area contributed by atoms with Crippen LogP contribution in [0.1, 0.15) is 49.7 Å². The number of nitrogens with zero attached hydrogens (tertiary/aromatic N) is 3. The second-order valence-corrected chi connectivity index (χ2v) is 5.82. The minimum atomic E-state index is -0.685. The Morgan fingerprint density at radius 1 is 1.50 bits per heavy atom. The molecule has 1 aliphatic rings. The molecular weight excluding hydrogens is 254 g/mol. The standard InChI is InChI=1S/C15H25N3O2/c1-5-18-12(4)15(10(2)16-18)11(3)17-7-6-13(9-17)8-14(19)20/h11,13H,5-9H2,1-4H3,(H,19,20). The van der Waals surface area contributed by atoms with Gasteiger partial charge < -0.3 is 5.11 Å². The maximum Gasteiger partial charge on any atom is 0.303 e. The van der Waals surface area contributed by atoms with Crippen molar-refractivity contribution in [1.82, 2.24) is 14.7 Å². The van der Waals surface area contributed by atoms with Crippen LogP contribution in [0.5, 0.6) is 0 Å². The van der Waals surface area contributed by atoms with Gasteiger partial charge in [-0.2, -0.15) is 5.10 Å². The molecule has 5 nitrogen and oxygen atoms in total. The van der Waals surface area contributed by atoms with Crippen LogP contribution in [0, 0.1) is 19.8 Å². The molecule has 5 heteroatoms. The molecule has 1 aromatic heterocycles. The first kappa shape index (κ1) is 15.0. The Labute approximate surface area is 120 Å². The summed E-state index contributed by atoms with van der Waals surface area (Å²) in [5.41, 5.74) is 3.64. The first-order valence-electron chi connectivity index (χ1n) is 7.43. The predicted octanol–water partition coefficient (Wildman–Crippen LogP) is 2.38. The lowest BCUT2D eigenvalue weighted by molar-refractivity contribution is -0.138. The highest BCUT2D eigenvalue weighted by molar-refractivity contribution is 5.67. The van der Waals surface area contributed by atoms with Crippen molar-refractivity contribution in [2.24, 2.45) is 5.92 Å². The number of rotatable bonds is 5. The van der Waals surface area contributed by atoms with Crippen LogP contribution >= 0.6 is 0 Å². The lowest BCUT2D eigenvalue weighted by Gasteiger charge is -2.25. The van der Waals surface area contributed by atoms with Gasteiger partial charge in [-0.05, 0) is 46.6 Å². The maximum absolute atomic E-state index is 10.8. The highest BCUT2D eigenvalue weighted by Gasteiger charge is 2.30. The van der Waals surface area contributed by atoms with Gasteiger partial charge in [0.25, 0.3) is 0 Å². The highest BCUT2D eigenvalue weighted by Crippen LogP contribution is 2.31. The van der Waals surface area contributed by atoms with E-state index >= 15 is 0 Å². The Morgan fingerprint density at radius 2 is 2.20 bits per heavy atom. The summed E-state index contributed by atoms with van der Waals surface area (Å²) in [6, 6.07) is 0.314. The Bertz CT molecular complexity index is 496. The average Bonchev–Trinajstić information content (AvgIpc) is 2.93. The van der Waals surface area contributed by atoms with Crippen LogP contribution in [-0.2, 0) is 11.3 Å². The molecule has 1 N–H and O–H groups in total. The Morgan fingerprint density at radius 3 is 2.75 bits per heavy atom. The van der Waals surface area contributed by atoms with E-state index in [1.54, 1.807) is 0 Å². The molecule has 0 saturated carbocycles. The molecule has 0 bridgehead atoms. The maximum atomic E-state index is 10.8. The quantitative estimate of drug-likeness (QED) is 0.899. The van der Waals surface area contributed by atoms with Crippen molar-refractivity contribution >= 4 is 5.97 Å². The van der Waals surface area contributed by atoms with E-state index in [4.69, 9.17) is 5.11 Å². The van der Waals surface area contributed by atoms with Crippen molar-refractivity contribution in [3.05, 3.63) is 17.0 Å². The number of aliphatic carboxylic acids is 1. The van der Waals surface area contributed by atoms with Crippen molar-refractivity contribution in [3.8, 4) is 0 Å². The SMILES string of the molecule is CCn1nc(C)c(C(C)N2CCC(CC(=O)O)C2)c1C. The monoisotopic (exact) mass is 279 g/mol. The van der Waals surface area contributed by atoms with Crippen molar-refractivity contribution in [1.29, 1.82) is 0 Å². The van der Waals surface area contributed by atoms with E-state index in [-0.39, 0.29) is 12.3 Å². The fraction of sp³-hybridized carbons (Fsp3) is 0.733. The molecule has 0 radical (unpaired) electrons. The van der Waals surface area contributed by atoms with E-state index in [0.717, 1.165) is 31.7 Å². The van der Waals surface area contributed by atoms with Crippen LogP contribution in [0.3, 0.4) is 0 Å². The summed E-state index contributed by atoms with van der Waals surface area (Å²) in [6.45, 7) is 11.3. The predicted molar refractivity (Wildman–Crippen MR) is 77.7 cm³/mol. The summed E-state index contributed by atoms with van der Waals surface area (Å²) >= 11 is 0. The molecule has 1 saturated heterocycles. The molecule has 0 aliphatic carbocycles. The van der Waals surface area contributed by atoms with E-state index in [9.17, 15) is 4.79 Å². The molecule has 2 rings (SSSR count). The zero-order valence-corrected chi connectivity index (χ0v) is 12.9. The molecule has 0 amide bonds. The number of carboxylic acid groups (broad SMARTS) is 1. The van der Waals surface area contributed by atoms with E-state index in [1.807, 2.05) is 4.68 Å². The van der Waals surface area contributed by atoms with Crippen molar-refractivity contribution in [3.63, 3.8) is 0 Å². The van der Waals surface area contributed by atoms with E-state index in [1.165, 1.54) is 11.3 Å². The lowest BCUT2D eigenvalue weighted by Crippen LogP contribution is -2.25.